The second kappa shape index (κ2) is 8.07. The number of pyridine rings is 1. The fourth-order valence-corrected chi connectivity index (χ4v) is 3.75. The highest BCUT2D eigenvalue weighted by atomic mass is 19.1. The van der Waals surface area contributed by atoms with Crippen LogP contribution in [0.25, 0.3) is 22.2 Å². The summed E-state index contributed by atoms with van der Waals surface area (Å²) in [5, 5.41) is 24.0. The molecule has 1 aliphatic heterocycles. The topological polar surface area (TPSA) is 100 Å². The lowest BCUT2D eigenvalue weighted by Crippen LogP contribution is -2.42. The molecule has 31 heavy (non-hydrogen) atoms. The Balaban J connectivity index is 1.80. The fourth-order valence-electron chi connectivity index (χ4n) is 3.75. The van der Waals surface area contributed by atoms with E-state index in [0.29, 0.717) is 29.7 Å². The van der Waals surface area contributed by atoms with E-state index in [1.807, 2.05) is 0 Å². The molecule has 164 valence electrons. The first-order chi connectivity index (χ1) is 14.6. The van der Waals surface area contributed by atoms with E-state index >= 15 is 0 Å². The lowest BCUT2D eigenvalue weighted by atomic mass is 9.92. The Labute approximate surface area is 178 Å². The smallest absolute Gasteiger partial charge is 0.223 e. The number of rotatable bonds is 4. The number of anilines is 1. The second-order valence-corrected chi connectivity index (χ2v) is 8.30. The third kappa shape index (κ3) is 4.34. The van der Waals surface area contributed by atoms with Gasteiger partial charge in [0, 0.05) is 23.3 Å². The Morgan fingerprint density at radius 2 is 1.94 bits per heavy atom. The number of aromatic nitrogens is 3. The van der Waals surface area contributed by atoms with Crippen molar-refractivity contribution in [3.05, 3.63) is 47.3 Å². The molecule has 2 aromatic heterocycles. The van der Waals surface area contributed by atoms with Gasteiger partial charge in [-0.05, 0) is 51.0 Å². The highest BCUT2D eigenvalue weighted by Gasteiger charge is 2.26. The summed E-state index contributed by atoms with van der Waals surface area (Å²) in [7, 11) is 0. The predicted octanol–water partition coefficient (Wildman–Crippen LogP) is 3.07. The van der Waals surface area contributed by atoms with Crippen LogP contribution >= 0.6 is 0 Å². The van der Waals surface area contributed by atoms with Crippen molar-refractivity contribution in [1.29, 1.82) is 0 Å². The van der Waals surface area contributed by atoms with Crippen LogP contribution in [-0.4, -0.2) is 50.5 Å². The van der Waals surface area contributed by atoms with E-state index in [4.69, 9.17) is 4.74 Å². The minimum absolute atomic E-state index is 0.0953. The molecule has 4 rings (SSSR count). The Kier molecular flexibility index (Phi) is 5.59. The molecule has 7 nitrogen and oxygen atoms in total. The highest BCUT2D eigenvalue weighted by Crippen LogP contribution is 2.33. The molecule has 3 heterocycles. The van der Waals surface area contributed by atoms with Gasteiger partial charge in [-0.1, -0.05) is 0 Å². The molecule has 0 unspecified atom stereocenters. The van der Waals surface area contributed by atoms with Gasteiger partial charge in [0.05, 0.1) is 30.6 Å². The molecule has 0 bridgehead atoms. The summed E-state index contributed by atoms with van der Waals surface area (Å²) >= 11 is 0. The number of aliphatic hydroxyl groups excluding tert-OH is 1. The second-order valence-electron chi connectivity index (χ2n) is 8.30. The van der Waals surface area contributed by atoms with E-state index in [2.05, 4.69) is 20.3 Å². The van der Waals surface area contributed by atoms with Crippen LogP contribution in [0.2, 0.25) is 0 Å². The zero-order valence-electron chi connectivity index (χ0n) is 17.5. The van der Waals surface area contributed by atoms with Crippen molar-refractivity contribution in [2.45, 2.75) is 44.9 Å². The normalized spacial score (nSPS) is 19.6. The first-order valence-corrected chi connectivity index (χ1v) is 10.0. The third-order valence-corrected chi connectivity index (χ3v) is 5.31. The highest BCUT2D eigenvalue weighted by molar-refractivity contribution is 5.88. The molecule has 0 radical (unpaired) electrons. The molecule has 9 heteroatoms. The van der Waals surface area contributed by atoms with Crippen molar-refractivity contribution in [2.24, 2.45) is 0 Å². The minimum Gasteiger partial charge on any atom is -0.389 e. The summed E-state index contributed by atoms with van der Waals surface area (Å²) in [5.74, 6) is -1.25. The van der Waals surface area contributed by atoms with Crippen LogP contribution in [0.3, 0.4) is 0 Å². The lowest BCUT2D eigenvalue weighted by Gasteiger charge is -2.28. The average Bonchev–Trinajstić information content (AvgIpc) is 2.70. The molecule has 0 spiro atoms. The number of hydrogen-bond donors (Lipinski definition) is 3. The summed E-state index contributed by atoms with van der Waals surface area (Å²) in [6, 6.07) is 4.08. The Bertz CT molecular complexity index is 1130. The van der Waals surface area contributed by atoms with Crippen molar-refractivity contribution in [2.75, 3.05) is 18.5 Å². The number of nitrogens with zero attached hydrogens (tertiary/aromatic N) is 3. The van der Waals surface area contributed by atoms with Gasteiger partial charge in [-0.25, -0.2) is 18.7 Å². The summed E-state index contributed by atoms with van der Waals surface area (Å²) in [6.45, 7) is 5.57. The van der Waals surface area contributed by atoms with E-state index in [-0.39, 0.29) is 35.4 Å². The average molecular weight is 430 g/mol. The standard InChI is InChI=1S/C22H24F2N4O3/c1-11-6-14(22(2,3)30)13-7-12(8-15(23)20(13)26-11)19-16(24)9-25-21(28-19)27-17-4-5-31-10-18(17)29/h6-9,17-18,29-30H,4-5,10H2,1-3H3,(H,25,27,28)/t17-,18-/m1/s1. The zero-order chi connectivity index (χ0) is 22.3. The third-order valence-electron chi connectivity index (χ3n) is 5.31. The zero-order valence-corrected chi connectivity index (χ0v) is 17.5. The molecule has 0 saturated carbocycles. The Morgan fingerprint density at radius 1 is 1.16 bits per heavy atom. The molecular formula is C22H24F2N4O3. The van der Waals surface area contributed by atoms with Gasteiger partial charge in [0.25, 0.3) is 0 Å². The molecular weight excluding hydrogens is 406 g/mol. The van der Waals surface area contributed by atoms with Crippen LogP contribution < -0.4 is 5.32 Å². The van der Waals surface area contributed by atoms with E-state index in [1.165, 1.54) is 6.07 Å². The number of hydrogen-bond acceptors (Lipinski definition) is 7. The van der Waals surface area contributed by atoms with Gasteiger partial charge in [0.1, 0.15) is 17.0 Å². The van der Waals surface area contributed by atoms with Crippen molar-refractivity contribution < 1.29 is 23.7 Å². The van der Waals surface area contributed by atoms with Crippen LogP contribution in [0.1, 0.15) is 31.5 Å². The number of fused-ring (bicyclic) bond motifs is 1. The largest absolute Gasteiger partial charge is 0.389 e. The number of benzene rings is 1. The van der Waals surface area contributed by atoms with Crippen LogP contribution in [0.4, 0.5) is 14.7 Å². The van der Waals surface area contributed by atoms with Crippen molar-refractivity contribution >= 4 is 16.9 Å². The molecule has 0 amide bonds. The SMILES string of the molecule is Cc1cc(C(C)(C)O)c2cc(-c3nc(N[C@@H]4CCOC[C@H]4O)ncc3F)cc(F)c2n1. The van der Waals surface area contributed by atoms with Crippen LogP contribution in [0.5, 0.6) is 0 Å². The number of halogens is 2. The first-order valence-electron chi connectivity index (χ1n) is 10.0. The first kappa shape index (κ1) is 21.5. The summed E-state index contributed by atoms with van der Waals surface area (Å²) < 4.78 is 34.8. The molecule has 2 atom stereocenters. The number of nitrogens with one attached hydrogen (secondary N) is 1. The van der Waals surface area contributed by atoms with E-state index < -0.39 is 23.3 Å². The molecule has 1 fully saturated rings. The van der Waals surface area contributed by atoms with Gasteiger partial charge in [0.15, 0.2) is 5.82 Å². The van der Waals surface area contributed by atoms with Gasteiger partial charge in [-0.3, -0.25) is 4.98 Å². The predicted molar refractivity (Wildman–Crippen MR) is 112 cm³/mol. The molecule has 1 saturated heterocycles. The maximum atomic E-state index is 15.0. The summed E-state index contributed by atoms with van der Waals surface area (Å²) in [5.41, 5.74) is -0.0229. The van der Waals surface area contributed by atoms with Crippen molar-refractivity contribution in [3.8, 4) is 11.3 Å². The number of ether oxygens (including phenoxy) is 1. The van der Waals surface area contributed by atoms with Crippen LogP contribution in [-0.2, 0) is 10.3 Å². The summed E-state index contributed by atoms with van der Waals surface area (Å²) in [4.78, 5) is 12.4. The number of aryl methyl sites for hydroxylation is 1. The fraction of sp³-hybridized carbons (Fsp3) is 0.409. The maximum absolute atomic E-state index is 15.0. The Morgan fingerprint density at radius 3 is 2.65 bits per heavy atom. The van der Waals surface area contributed by atoms with Crippen LogP contribution in [0.15, 0.2) is 24.4 Å². The molecule has 3 N–H and O–H groups in total. The maximum Gasteiger partial charge on any atom is 0.223 e. The lowest BCUT2D eigenvalue weighted by molar-refractivity contribution is -0.0136. The summed E-state index contributed by atoms with van der Waals surface area (Å²) in [6.07, 6.45) is 0.803. The van der Waals surface area contributed by atoms with Gasteiger partial charge in [0.2, 0.25) is 5.95 Å². The minimum atomic E-state index is -1.26. The monoisotopic (exact) mass is 430 g/mol. The van der Waals surface area contributed by atoms with Gasteiger partial charge >= 0.3 is 0 Å². The number of aliphatic hydroxyl groups is 2. The molecule has 1 aromatic carbocycles. The van der Waals surface area contributed by atoms with Gasteiger partial charge < -0.3 is 20.3 Å². The van der Waals surface area contributed by atoms with E-state index in [1.54, 1.807) is 32.9 Å². The Hall–Kier alpha value is -2.75. The molecule has 0 aliphatic carbocycles. The van der Waals surface area contributed by atoms with Gasteiger partial charge in [-0.15, -0.1) is 0 Å². The quantitative estimate of drug-likeness (QED) is 0.585. The van der Waals surface area contributed by atoms with E-state index in [9.17, 15) is 19.0 Å². The van der Waals surface area contributed by atoms with Crippen molar-refractivity contribution in [3.63, 3.8) is 0 Å². The van der Waals surface area contributed by atoms with Crippen LogP contribution in [0, 0.1) is 18.6 Å². The van der Waals surface area contributed by atoms with E-state index in [0.717, 1.165) is 6.20 Å². The molecule has 1 aliphatic rings. The van der Waals surface area contributed by atoms with Crippen molar-refractivity contribution in [1.82, 2.24) is 15.0 Å². The van der Waals surface area contributed by atoms with Gasteiger partial charge in [-0.2, -0.15) is 0 Å². The molecule has 3 aromatic rings.